The number of carbonyl (C=O) groups is 1. The van der Waals surface area contributed by atoms with Gasteiger partial charge >= 0.3 is 0 Å². The highest BCUT2D eigenvalue weighted by Gasteiger charge is 2.41. The quantitative estimate of drug-likeness (QED) is 0.583. The molecule has 2 aliphatic rings. The van der Waals surface area contributed by atoms with Crippen molar-refractivity contribution in [3.8, 4) is 11.1 Å². The third-order valence-corrected chi connectivity index (χ3v) is 7.80. The molecule has 3 aromatic rings. The van der Waals surface area contributed by atoms with Crippen molar-refractivity contribution >= 4 is 38.9 Å². The van der Waals surface area contributed by atoms with Gasteiger partial charge in [0, 0.05) is 41.1 Å². The second-order valence-electron chi connectivity index (χ2n) is 8.85. The Morgan fingerprint density at radius 3 is 2.41 bits per heavy atom. The standard InChI is InChI=1S/C25H23ClFN3O3S/c1-15-10-17-11-22(27)24(34(28,32)33)12-23(17)30(15)25(31)18-13-29(14-18)19-8-6-16(7-9-19)20-4-2-3-5-21(20)26/h2-9,11-12,15,18H,10,13-14H2,1H3,(H2,28,32,33)/t15-/m1/s1. The van der Waals surface area contributed by atoms with Crippen LogP contribution in [-0.4, -0.2) is 33.5 Å². The van der Waals surface area contributed by atoms with Crippen LogP contribution in [-0.2, 0) is 21.2 Å². The molecule has 3 aromatic carbocycles. The second kappa shape index (κ2) is 8.37. The lowest BCUT2D eigenvalue weighted by molar-refractivity contribution is -0.123. The van der Waals surface area contributed by atoms with Crippen molar-refractivity contribution in [2.24, 2.45) is 11.1 Å². The van der Waals surface area contributed by atoms with E-state index >= 15 is 0 Å². The molecule has 0 aliphatic carbocycles. The Morgan fingerprint density at radius 1 is 1.09 bits per heavy atom. The van der Waals surface area contributed by atoms with Crippen molar-refractivity contribution in [3.63, 3.8) is 0 Å². The van der Waals surface area contributed by atoms with Crippen molar-refractivity contribution in [3.05, 3.63) is 77.1 Å². The number of carbonyl (C=O) groups excluding carboxylic acids is 1. The number of halogens is 2. The molecule has 1 atom stereocenters. The highest BCUT2D eigenvalue weighted by atomic mass is 35.5. The Morgan fingerprint density at radius 2 is 1.76 bits per heavy atom. The molecular formula is C25H23ClFN3O3S. The molecule has 0 aromatic heterocycles. The number of rotatable bonds is 4. The Hall–Kier alpha value is -2.94. The van der Waals surface area contributed by atoms with Gasteiger partial charge in [-0.2, -0.15) is 0 Å². The normalized spacial score (nSPS) is 18.1. The number of nitrogens with zero attached hydrogens (tertiary/aromatic N) is 2. The number of nitrogens with two attached hydrogens (primary N) is 1. The van der Waals surface area contributed by atoms with E-state index in [0.717, 1.165) is 16.8 Å². The summed E-state index contributed by atoms with van der Waals surface area (Å²) >= 11 is 6.29. The molecule has 0 unspecified atom stereocenters. The van der Waals surface area contributed by atoms with Gasteiger partial charge in [-0.25, -0.2) is 17.9 Å². The molecule has 176 valence electrons. The minimum Gasteiger partial charge on any atom is -0.370 e. The van der Waals surface area contributed by atoms with E-state index < -0.39 is 20.7 Å². The molecule has 9 heteroatoms. The van der Waals surface area contributed by atoms with Crippen molar-refractivity contribution in [1.82, 2.24) is 0 Å². The van der Waals surface area contributed by atoms with E-state index in [-0.39, 0.29) is 17.9 Å². The Labute approximate surface area is 202 Å². The van der Waals surface area contributed by atoms with Crippen LogP contribution in [0.3, 0.4) is 0 Å². The Balaban J connectivity index is 1.31. The van der Waals surface area contributed by atoms with Crippen molar-refractivity contribution in [2.45, 2.75) is 24.3 Å². The third-order valence-electron chi connectivity index (χ3n) is 6.54. The van der Waals surface area contributed by atoms with Crippen LogP contribution in [0, 0.1) is 11.7 Å². The monoisotopic (exact) mass is 499 g/mol. The Kier molecular flexibility index (Phi) is 5.62. The molecule has 0 saturated carbocycles. The molecular weight excluding hydrogens is 477 g/mol. The molecule has 1 fully saturated rings. The molecule has 2 N–H and O–H groups in total. The fraction of sp³-hybridized carbons (Fsp3) is 0.240. The first-order chi connectivity index (χ1) is 16.1. The minimum atomic E-state index is -4.23. The van der Waals surface area contributed by atoms with Gasteiger partial charge in [0.15, 0.2) is 0 Å². The second-order valence-corrected chi connectivity index (χ2v) is 10.8. The van der Waals surface area contributed by atoms with Gasteiger partial charge < -0.3 is 9.80 Å². The lowest BCUT2D eigenvalue weighted by Gasteiger charge is -2.42. The summed E-state index contributed by atoms with van der Waals surface area (Å²) in [4.78, 5) is 16.4. The first-order valence-corrected chi connectivity index (χ1v) is 12.8. The third kappa shape index (κ3) is 3.96. The average Bonchev–Trinajstić information content (AvgIpc) is 3.06. The number of anilines is 2. The number of primary sulfonamides is 1. The fourth-order valence-electron chi connectivity index (χ4n) is 4.76. The van der Waals surface area contributed by atoms with Crippen LogP contribution in [0.4, 0.5) is 15.8 Å². The zero-order valence-electron chi connectivity index (χ0n) is 18.4. The smallest absolute Gasteiger partial charge is 0.241 e. The molecule has 0 bridgehead atoms. The SMILES string of the molecule is C[C@@H]1Cc2cc(F)c(S(N)(=O)=O)cc2N1C(=O)C1CN(c2ccc(-c3ccccc3Cl)cc2)C1. The molecule has 34 heavy (non-hydrogen) atoms. The summed E-state index contributed by atoms with van der Waals surface area (Å²) in [5, 5.41) is 5.85. The van der Waals surface area contributed by atoms with Gasteiger partial charge in [0.05, 0.1) is 5.92 Å². The topological polar surface area (TPSA) is 83.7 Å². The first-order valence-electron chi connectivity index (χ1n) is 10.9. The number of amides is 1. The number of benzene rings is 3. The minimum absolute atomic E-state index is 0.0952. The van der Waals surface area contributed by atoms with Gasteiger partial charge in [-0.1, -0.05) is 41.9 Å². The lowest BCUT2D eigenvalue weighted by atomic mass is 9.96. The van der Waals surface area contributed by atoms with Gasteiger partial charge in [0.2, 0.25) is 15.9 Å². The van der Waals surface area contributed by atoms with Crippen LogP contribution in [0.2, 0.25) is 5.02 Å². The van der Waals surface area contributed by atoms with E-state index in [1.165, 1.54) is 12.1 Å². The zero-order chi connectivity index (χ0) is 24.2. The predicted molar refractivity (Wildman–Crippen MR) is 131 cm³/mol. The maximum absolute atomic E-state index is 14.3. The van der Waals surface area contributed by atoms with Crippen LogP contribution in [0.15, 0.2) is 65.6 Å². The van der Waals surface area contributed by atoms with Gasteiger partial charge in [-0.15, -0.1) is 0 Å². The van der Waals surface area contributed by atoms with Gasteiger partial charge in [0.1, 0.15) is 10.7 Å². The highest BCUT2D eigenvalue weighted by Crippen LogP contribution is 2.38. The largest absolute Gasteiger partial charge is 0.370 e. The van der Waals surface area contributed by atoms with Crippen molar-refractivity contribution in [1.29, 1.82) is 0 Å². The predicted octanol–water partition coefficient (Wildman–Crippen LogP) is 4.21. The molecule has 6 nitrogen and oxygen atoms in total. The van der Waals surface area contributed by atoms with Gasteiger partial charge in [-0.3, -0.25) is 4.79 Å². The fourth-order valence-corrected chi connectivity index (χ4v) is 5.61. The number of fused-ring (bicyclic) bond motifs is 1. The summed E-state index contributed by atoms with van der Waals surface area (Å²) in [7, 11) is -4.23. The lowest BCUT2D eigenvalue weighted by Crippen LogP contribution is -2.55. The van der Waals surface area contributed by atoms with E-state index in [0.29, 0.717) is 35.8 Å². The van der Waals surface area contributed by atoms with E-state index in [1.807, 2.05) is 55.5 Å². The molecule has 2 aliphatic heterocycles. The van der Waals surface area contributed by atoms with E-state index in [2.05, 4.69) is 4.90 Å². The summed E-state index contributed by atoms with van der Waals surface area (Å²) in [5.41, 5.74) is 4.02. The van der Waals surface area contributed by atoms with Crippen LogP contribution in [0.5, 0.6) is 0 Å². The first kappa shape index (κ1) is 22.8. The summed E-state index contributed by atoms with van der Waals surface area (Å²) in [6.45, 7) is 2.97. The molecule has 0 spiro atoms. The van der Waals surface area contributed by atoms with Crippen LogP contribution >= 0.6 is 11.6 Å². The Bertz CT molecular complexity index is 1390. The van der Waals surface area contributed by atoms with E-state index in [4.69, 9.17) is 16.7 Å². The highest BCUT2D eigenvalue weighted by molar-refractivity contribution is 7.89. The number of sulfonamides is 1. The van der Waals surface area contributed by atoms with E-state index in [9.17, 15) is 17.6 Å². The molecule has 5 rings (SSSR count). The van der Waals surface area contributed by atoms with Crippen LogP contribution in [0.1, 0.15) is 12.5 Å². The van der Waals surface area contributed by atoms with Crippen LogP contribution < -0.4 is 14.9 Å². The molecule has 1 saturated heterocycles. The number of hydrogen-bond donors (Lipinski definition) is 1. The maximum atomic E-state index is 14.3. The zero-order valence-corrected chi connectivity index (χ0v) is 20.0. The average molecular weight is 500 g/mol. The van der Waals surface area contributed by atoms with Gasteiger partial charge in [0.25, 0.3) is 0 Å². The van der Waals surface area contributed by atoms with E-state index in [1.54, 1.807) is 4.90 Å². The molecule has 0 radical (unpaired) electrons. The summed E-state index contributed by atoms with van der Waals surface area (Å²) < 4.78 is 37.8. The molecule has 1 amide bonds. The maximum Gasteiger partial charge on any atom is 0.241 e. The number of hydrogen-bond acceptors (Lipinski definition) is 4. The summed E-state index contributed by atoms with van der Waals surface area (Å²) in [6, 6.07) is 17.9. The van der Waals surface area contributed by atoms with Crippen LogP contribution in [0.25, 0.3) is 11.1 Å². The summed E-state index contributed by atoms with van der Waals surface area (Å²) in [6.07, 6.45) is 0.461. The van der Waals surface area contributed by atoms with Gasteiger partial charge in [-0.05, 0) is 54.8 Å². The van der Waals surface area contributed by atoms with Crippen molar-refractivity contribution in [2.75, 3.05) is 22.9 Å². The summed E-state index contributed by atoms with van der Waals surface area (Å²) in [5.74, 6) is -1.22. The van der Waals surface area contributed by atoms with Crippen molar-refractivity contribution < 1.29 is 17.6 Å². The molecule has 2 heterocycles.